The molecule has 0 aromatic heterocycles. The molecule has 0 fully saturated rings. The first kappa shape index (κ1) is 26.8. The molecule has 1 N–H and O–H groups in total. The largest absolute Gasteiger partial charge is 0.484 e. The molecule has 2 amide bonds. The molecule has 3 aromatic carbocycles. The van der Waals surface area contributed by atoms with E-state index in [0.29, 0.717) is 23.7 Å². The van der Waals surface area contributed by atoms with E-state index in [9.17, 15) is 9.59 Å². The van der Waals surface area contributed by atoms with Gasteiger partial charge in [0.05, 0.1) is 0 Å². The molecule has 0 saturated carbocycles. The highest BCUT2D eigenvalue weighted by atomic mass is 79.9. The molecule has 0 aliphatic rings. The van der Waals surface area contributed by atoms with Crippen molar-refractivity contribution in [2.45, 2.75) is 32.9 Å². The highest BCUT2D eigenvalue weighted by molar-refractivity contribution is 9.10. The predicted octanol–water partition coefficient (Wildman–Crippen LogP) is 5.89. The fourth-order valence-corrected chi connectivity index (χ4v) is 3.99. The molecule has 7 heteroatoms. The van der Waals surface area contributed by atoms with E-state index in [0.717, 1.165) is 15.6 Å². The van der Waals surface area contributed by atoms with E-state index in [1.165, 1.54) is 0 Å². The topological polar surface area (TPSA) is 58.6 Å². The Hall–Kier alpha value is -2.83. The Morgan fingerprint density at radius 1 is 0.971 bits per heavy atom. The van der Waals surface area contributed by atoms with E-state index >= 15 is 0 Å². The zero-order valence-electron chi connectivity index (χ0n) is 19.9. The van der Waals surface area contributed by atoms with Gasteiger partial charge in [0, 0.05) is 29.0 Å². The van der Waals surface area contributed by atoms with Gasteiger partial charge >= 0.3 is 0 Å². The average molecular weight is 558 g/mol. The first-order valence-corrected chi connectivity index (χ1v) is 12.7. The number of hydrogen-bond acceptors (Lipinski definition) is 3. The van der Waals surface area contributed by atoms with Crippen LogP contribution >= 0.6 is 27.5 Å². The summed E-state index contributed by atoms with van der Waals surface area (Å²) in [6.07, 6.45) is 0.393. The van der Waals surface area contributed by atoms with Gasteiger partial charge in [-0.25, -0.2) is 0 Å². The van der Waals surface area contributed by atoms with Gasteiger partial charge in [-0.3, -0.25) is 9.59 Å². The lowest BCUT2D eigenvalue weighted by Gasteiger charge is -2.31. The number of nitrogens with zero attached hydrogens (tertiary/aromatic N) is 1. The van der Waals surface area contributed by atoms with Crippen LogP contribution in [0.2, 0.25) is 5.02 Å². The van der Waals surface area contributed by atoms with Crippen molar-refractivity contribution in [2.24, 2.45) is 5.92 Å². The Morgan fingerprint density at radius 2 is 1.69 bits per heavy atom. The molecule has 5 nitrogen and oxygen atoms in total. The summed E-state index contributed by atoms with van der Waals surface area (Å²) >= 11 is 9.51. The minimum atomic E-state index is -0.699. The number of ether oxygens (including phenoxy) is 1. The number of rotatable bonds is 11. The van der Waals surface area contributed by atoms with Crippen LogP contribution in [0.25, 0.3) is 0 Å². The van der Waals surface area contributed by atoms with Crippen molar-refractivity contribution in [3.05, 3.63) is 99.5 Å². The van der Waals surface area contributed by atoms with Crippen molar-refractivity contribution in [1.82, 2.24) is 10.2 Å². The van der Waals surface area contributed by atoms with Crippen LogP contribution in [0.4, 0.5) is 0 Å². The molecule has 0 spiro atoms. The molecule has 35 heavy (non-hydrogen) atoms. The van der Waals surface area contributed by atoms with Gasteiger partial charge in [0.2, 0.25) is 5.91 Å². The van der Waals surface area contributed by atoms with Crippen molar-refractivity contribution in [1.29, 1.82) is 0 Å². The van der Waals surface area contributed by atoms with Crippen LogP contribution in [-0.2, 0) is 22.6 Å². The maximum absolute atomic E-state index is 13.5. The van der Waals surface area contributed by atoms with Crippen molar-refractivity contribution in [3.8, 4) is 5.75 Å². The van der Waals surface area contributed by atoms with Gasteiger partial charge in [0.1, 0.15) is 11.8 Å². The van der Waals surface area contributed by atoms with Crippen molar-refractivity contribution >= 4 is 39.3 Å². The first-order chi connectivity index (χ1) is 16.8. The number of carbonyl (C=O) groups is 2. The second-order valence-electron chi connectivity index (χ2n) is 8.74. The molecule has 3 rings (SSSR count). The van der Waals surface area contributed by atoms with Gasteiger partial charge in [0.15, 0.2) is 6.61 Å². The summed E-state index contributed by atoms with van der Waals surface area (Å²) in [4.78, 5) is 28.5. The van der Waals surface area contributed by atoms with E-state index in [2.05, 4.69) is 21.2 Å². The fourth-order valence-electron chi connectivity index (χ4n) is 3.55. The van der Waals surface area contributed by atoms with Crippen LogP contribution < -0.4 is 10.1 Å². The molecular formula is C28H30BrClN2O3. The summed E-state index contributed by atoms with van der Waals surface area (Å²) in [5.74, 6) is 0.320. The Kier molecular flexibility index (Phi) is 10.2. The Labute approximate surface area is 220 Å². The van der Waals surface area contributed by atoms with Crippen LogP contribution in [0.5, 0.6) is 5.75 Å². The second kappa shape index (κ2) is 13.3. The van der Waals surface area contributed by atoms with Crippen LogP contribution in [0.15, 0.2) is 83.3 Å². The minimum absolute atomic E-state index is 0.184. The standard InChI is InChI=1S/C28H30BrClN2O3/c1-20(2)17-31-28(34)26(15-21-7-4-3-5-8-21)32(18-22-11-13-23(29)14-12-22)27(33)19-35-25-10-6-9-24(30)16-25/h3-14,16,20,26H,15,17-19H2,1-2H3,(H,31,34)/t26-/m1/s1. The van der Waals surface area contributed by atoms with E-state index in [1.807, 2.05) is 68.4 Å². The SMILES string of the molecule is CC(C)CNC(=O)[C@@H](Cc1ccccc1)N(Cc1ccc(Br)cc1)C(=O)COc1cccc(Cl)c1. The number of nitrogens with one attached hydrogen (secondary N) is 1. The smallest absolute Gasteiger partial charge is 0.261 e. The molecule has 3 aromatic rings. The molecule has 0 radical (unpaired) electrons. The van der Waals surface area contributed by atoms with Gasteiger partial charge in [0.25, 0.3) is 5.91 Å². The van der Waals surface area contributed by atoms with Gasteiger partial charge in [-0.05, 0) is 47.4 Å². The molecule has 184 valence electrons. The number of halogens is 2. The summed E-state index contributed by atoms with van der Waals surface area (Å²) < 4.78 is 6.69. The van der Waals surface area contributed by atoms with Crippen molar-refractivity contribution < 1.29 is 14.3 Å². The lowest BCUT2D eigenvalue weighted by molar-refractivity contribution is -0.142. The Morgan fingerprint density at radius 3 is 2.34 bits per heavy atom. The van der Waals surface area contributed by atoms with Crippen LogP contribution in [-0.4, -0.2) is 35.9 Å². The monoisotopic (exact) mass is 556 g/mol. The molecule has 0 saturated heterocycles. The third-order valence-corrected chi connectivity index (χ3v) is 6.14. The predicted molar refractivity (Wildman–Crippen MR) is 143 cm³/mol. The minimum Gasteiger partial charge on any atom is -0.484 e. The normalized spacial score (nSPS) is 11.7. The molecule has 0 heterocycles. The molecule has 0 aliphatic carbocycles. The summed E-state index contributed by atoms with van der Waals surface area (Å²) in [7, 11) is 0. The lowest BCUT2D eigenvalue weighted by atomic mass is 10.0. The summed E-state index contributed by atoms with van der Waals surface area (Å²) in [6.45, 7) is 4.67. The number of carbonyl (C=O) groups excluding carboxylic acids is 2. The van der Waals surface area contributed by atoms with E-state index in [4.69, 9.17) is 16.3 Å². The van der Waals surface area contributed by atoms with E-state index in [1.54, 1.807) is 29.2 Å². The van der Waals surface area contributed by atoms with E-state index < -0.39 is 6.04 Å². The zero-order valence-corrected chi connectivity index (χ0v) is 22.3. The third-order valence-electron chi connectivity index (χ3n) is 5.38. The molecule has 0 aliphatic heterocycles. The van der Waals surface area contributed by atoms with Gasteiger partial charge in [-0.2, -0.15) is 0 Å². The average Bonchev–Trinajstić information content (AvgIpc) is 2.85. The van der Waals surface area contributed by atoms with Gasteiger partial charge < -0.3 is 15.0 Å². The fraction of sp³-hybridized carbons (Fsp3) is 0.286. The highest BCUT2D eigenvalue weighted by Crippen LogP contribution is 2.20. The third kappa shape index (κ3) is 8.71. The first-order valence-electron chi connectivity index (χ1n) is 11.6. The number of benzene rings is 3. The van der Waals surface area contributed by atoms with Crippen LogP contribution in [0.1, 0.15) is 25.0 Å². The zero-order chi connectivity index (χ0) is 25.2. The highest BCUT2D eigenvalue weighted by Gasteiger charge is 2.30. The maximum atomic E-state index is 13.5. The van der Waals surface area contributed by atoms with Crippen molar-refractivity contribution in [3.63, 3.8) is 0 Å². The Balaban J connectivity index is 1.89. The Bertz CT molecular complexity index is 1110. The quantitative estimate of drug-likeness (QED) is 0.320. The lowest BCUT2D eigenvalue weighted by Crippen LogP contribution is -2.52. The molecule has 0 bridgehead atoms. The molecular weight excluding hydrogens is 528 g/mol. The number of amides is 2. The van der Waals surface area contributed by atoms with Gasteiger partial charge in [-0.15, -0.1) is 0 Å². The second-order valence-corrected chi connectivity index (χ2v) is 10.1. The summed E-state index contributed by atoms with van der Waals surface area (Å²) in [6, 6.07) is 23.7. The molecule has 0 unspecified atom stereocenters. The summed E-state index contributed by atoms with van der Waals surface area (Å²) in [5, 5.41) is 3.54. The number of hydrogen-bond donors (Lipinski definition) is 1. The van der Waals surface area contributed by atoms with Crippen molar-refractivity contribution in [2.75, 3.05) is 13.2 Å². The maximum Gasteiger partial charge on any atom is 0.261 e. The van der Waals surface area contributed by atoms with Crippen LogP contribution in [0.3, 0.4) is 0 Å². The molecule has 1 atom stereocenters. The van der Waals surface area contributed by atoms with Gasteiger partial charge in [-0.1, -0.05) is 89.9 Å². The van der Waals surface area contributed by atoms with E-state index in [-0.39, 0.29) is 30.9 Å². The summed E-state index contributed by atoms with van der Waals surface area (Å²) in [5.41, 5.74) is 1.89. The van der Waals surface area contributed by atoms with Crippen LogP contribution in [0, 0.1) is 5.92 Å².